The second kappa shape index (κ2) is 7.08. The third kappa shape index (κ3) is 4.17. The molecule has 3 heterocycles. The van der Waals surface area contributed by atoms with Crippen LogP contribution in [-0.4, -0.2) is 42.6 Å². The minimum atomic E-state index is -3.38. The number of likely N-dealkylation sites (tertiary alicyclic amines) is 1. The molecule has 0 spiro atoms. The van der Waals surface area contributed by atoms with Gasteiger partial charge in [0.1, 0.15) is 4.21 Å². The van der Waals surface area contributed by atoms with Gasteiger partial charge in [-0.2, -0.15) is 4.98 Å². The maximum Gasteiger partial charge on any atom is 0.250 e. The first-order valence-corrected chi connectivity index (χ1v) is 10.0. The number of aryl methyl sites for hydroxylation is 1. The Kier molecular flexibility index (Phi) is 5.10. The normalized spacial score (nSPS) is 17.6. The molecule has 1 aliphatic rings. The summed E-state index contributed by atoms with van der Waals surface area (Å²) in [5.41, 5.74) is 0. The summed E-state index contributed by atoms with van der Waals surface area (Å²) in [5.74, 6) is 1.35. The fourth-order valence-corrected chi connectivity index (χ4v) is 4.91. The lowest BCUT2D eigenvalue weighted by Crippen LogP contribution is -2.44. The molecule has 0 saturated carbocycles. The molecule has 0 aliphatic carbocycles. The molecule has 23 heavy (non-hydrogen) atoms. The van der Waals surface area contributed by atoms with E-state index < -0.39 is 10.0 Å². The number of sulfonamides is 1. The number of nitrogens with one attached hydrogen (secondary N) is 1. The minimum Gasteiger partial charge on any atom is -0.338 e. The Morgan fingerprint density at radius 3 is 2.83 bits per heavy atom. The number of piperidine rings is 1. The van der Waals surface area contributed by atoms with E-state index >= 15 is 0 Å². The van der Waals surface area contributed by atoms with Gasteiger partial charge in [0.2, 0.25) is 15.9 Å². The van der Waals surface area contributed by atoms with Crippen molar-refractivity contribution in [2.24, 2.45) is 0 Å². The standard InChI is InChI=1S/C14H20N4O3S2/c1-2-12-15-13(21-16-12)10-18-7-5-11(6-8-18)17-23(19,20)14-4-3-9-22-14/h3-4,9,11,17H,2,5-8,10H2,1H3. The van der Waals surface area contributed by atoms with Crippen LogP contribution in [0.1, 0.15) is 31.5 Å². The fourth-order valence-electron chi connectivity index (χ4n) is 2.59. The van der Waals surface area contributed by atoms with Gasteiger partial charge in [-0.15, -0.1) is 11.3 Å². The van der Waals surface area contributed by atoms with Gasteiger partial charge in [0.15, 0.2) is 5.82 Å². The van der Waals surface area contributed by atoms with E-state index in [4.69, 9.17) is 4.52 Å². The Morgan fingerprint density at radius 2 is 2.22 bits per heavy atom. The molecule has 1 saturated heterocycles. The molecule has 2 aromatic rings. The first-order valence-electron chi connectivity index (χ1n) is 7.66. The molecule has 2 aromatic heterocycles. The zero-order chi connectivity index (χ0) is 16.3. The quantitative estimate of drug-likeness (QED) is 0.846. The first-order chi connectivity index (χ1) is 11.1. The van der Waals surface area contributed by atoms with Gasteiger partial charge in [0.05, 0.1) is 6.54 Å². The minimum absolute atomic E-state index is 0.0211. The molecule has 1 aliphatic heterocycles. The Morgan fingerprint density at radius 1 is 1.43 bits per heavy atom. The zero-order valence-corrected chi connectivity index (χ0v) is 14.6. The fraction of sp³-hybridized carbons (Fsp3) is 0.571. The van der Waals surface area contributed by atoms with Crippen LogP contribution in [0, 0.1) is 0 Å². The van der Waals surface area contributed by atoms with Crippen LogP contribution in [0.25, 0.3) is 0 Å². The van der Waals surface area contributed by atoms with E-state index in [2.05, 4.69) is 19.8 Å². The lowest BCUT2D eigenvalue weighted by Gasteiger charge is -2.31. The molecule has 3 rings (SSSR count). The molecule has 0 bridgehead atoms. The smallest absolute Gasteiger partial charge is 0.250 e. The van der Waals surface area contributed by atoms with Crippen LogP contribution in [0.5, 0.6) is 0 Å². The van der Waals surface area contributed by atoms with Crippen LogP contribution in [0.2, 0.25) is 0 Å². The maximum atomic E-state index is 12.2. The number of nitrogens with zero attached hydrogens (tertiary/aromatic N) is 3. The molecule has 0 aromatic carbocycles. The predicted molar refractivity (Wildman–Crippen MR) is 86.6 cm³/mol. The molecule has 0 unspecified atom stereocenters. The van der Waals surface area contributed by atoms with Crippen LogP contribution in [0.4, 0.5) is 0 Å². The highest BCUT2D eigenvalue weighted by molar-refractivity contribution is 7.91. The van der Waals surface area contributed by atoms with E-state index in [1.807, 2.05) is 6.92 Å². The van der Waals surface area contributed by atoms with Crippen molar-refractivity contribution in [1.29, 1.82) is 0 Å². The Bertz CT molecular complexity index is 719. The van der Waals surface area contributed by atoms with Crippen LogP contribution in [0.15, 0.2) is 26.2 Å². The third-order valence-corrected chi connectivity index (χ3v) is 6.77. The second-order valence-corrected chi connectivity index (χ2v) is 8.45. The topological polar surface area (TPSA) is 88.3 Å². The third-order valence-electron chi connectivity index (χ3n) is 3.85. The molecule has 0 atom stereocenters. The summed E-state index contributed by atoms with van der Waals surface area (Å²) in [4.78, 5) is 6.52. The van der Waals surface area contributed by atoms with Gasteiger partial charge in [-0.05, 0) is 24.3 Å². The molecule has 1 fully saturated rings. The Hall–Kier alpha value is -1.29. The Balaban J connectivity index is 1.50. The summed E-state index contributed by atoms with van der Waals surface area (Å²) in [7, 11) is -3.38. The van der Waals surface area contributed by atoms with Gasteiger partial charge >= 0.3 is 0 Å². The van der Waals surface area contributed by atoms with Crippen LogP contribution in [-0.2, 0) is 23.0 Å². The highest BCUT2D eigenvalue weighted by atomic mass is 32.2. The molecule has 126 valence electrons. The van der Waals surface area contributed by atoms with E-state index in [1.54, 1.807) is 17.5 Å². The summed E-state index contributed by atoms with van der Waals surface area (Å²) in [6, 6.07) is 3.35. The highest BCUT2D eigenvalue weighted by Gasteiger charge is 2.25. The van der Waals surface area contributed by atoms with Crippen molar-refractivity contribution in [2.45, 2.75) is 43.0 Å². The average molecular weight is 356 g/mol. The van der Waals surface area contributed by atoms with Crippen molar-refractivity contribution in [3.63, 3.8) is 0 Å². The summed E-state index contributed by atoms with van der Waals surface area (Å²) in [5, 5.41) is 5.66. The van der Waals surface area contributed by atoms with E-state index in [0.29, 0.717) is 16.6 Å². The van der Waals surface area contributed by atoms with Gasteiger partial charge in [0.25, 0.3) is 0 Å². The van der Waals surface area contributed by atoms with Gasteiger partial charge in [-0.1, -0.05) is 18.1 Å². The average Bonchev–Trinajstić information content (AvgIpc) is 3.20. The van der Waals surface area contributed by atoms with Gasteiger partial charge < -0.3 is 4.52 Å². The number of aromatic nitrogens is 2. The molecule has 0 amide bonds. The van der Waals surface area contributed by atoms with Crippen molar-refractivity contribution >= 4 is 21.4 Å². The lowest BCUT2D eigenvalue weighted by molar-refractivity contribution is 0.177. The molecule has 0 radical (unpaired) electrons. The van der Waals surface area contributed by atoms with Crippen LogP contribution < -0.4 is 4.72 Å². The van der Waals surface area contributed by atoms with Crippen LogP contribution >= 0.6 is 11.3 Å². The first kappa shape index (κ1) is 16.6. The SMILES string of the molecule is CCc1noc(CN2CCC(NS(=O)(=O)c3cccs3)CC2)n1. The number of rotatable bonds is 6. The maximum absolute atomic E-state index is 12.2. The van der Waals surface area contributed by atoms with Crippen molar-refractivity contribution in [1.82, 2.24) is 19.8 Å². The molecule has 9 heteroatoms. The van der Waals surface area contributed by atoms with E-state index in [0.717, 1.165) is 38.2 Å². The zero-order valence-electron chi connectivity index (χ0n) is 12.9. The monoisotopic (exact) mass is 356 g/mol. The van der Waals surface area contributed by atoms with E-state index in [1.165, 1.54) is 11.3 Å². The van der Waals surface area contributed by atoms with E-state index in [-0.39, 0.29) is 6.04 Å². The number of hydrogen-bond donors (Lipinski definition) is 1. The van der Waals surface area contributed by atoms with Crippen molar-refractivity contribution in [3.05, 3.63) is 29.2 Å². The van der Waals surface area contributed by atoms with Crippen molar-refractivity contribution in [3.8, 4) is 0 Å². The largest absolute Gasteiger partial charge is 0.338 e. The van der Waals surface area contributed by atoms with Gasteiger partial charge in [-0.3, -0.25) is 4.90 Å². The van der Waals surface area contributed by atoms with Gasteiger partial charge in [-0.25, -0.2) is 13.1 Å². The highest BCUT2D eigenvalue weighted by Crippen LogP contribution is 2.19. The summed E-state index contributed by atoms with van der Waals surface area (Å²) >= 11 is 1.24. The van der Waals surface area contributed by atoms with Gasteiger partial charge in [0, 0.05) is 25.6 Å². The number of hydrogen-bond acceptors (Lipinski definition) is 7. The molecule has 1 N–H and O–H groups in total. The predicted octanol–water partition coefficient (Wildman–Crippen LogP) is 1.64. The van der Waals surface area contributed by atoms with Crippen LogP contribution in [0.3, 0.4) is 0 Å². The van der Waals surface area contributed by atoms with Crippen molar-refractivity contribution < 1.29 is 12.9 Å². The summed E-state index contributed by atoms with van der Waals surface area (Å²) < 4.78 is 32.8. The lowest BCUT2D eigenvalue weighted by atomic mass is 10.1. The summed E-state index contributed by atoms with van der Waals surface area (Å²) in [6.07, 6.45) is 2.31. The number of thiophene rings is 1. The second-order valence-electron chi connectivity index (χ2n) is 5.56. The Labute approximate surface area is 139 Å². The summed E-state index contributed by atoms with van der Waals surface area (Å²) in [6.45, 7) is 4.22. The molecule has 7 nitrogen and oxygen atoms in total. The van der Waals surface area contributed by atoms with Crippen molar-refractivity contribution in [2.75, 3.05) is 13.1 Å². The van der Waals surface area contributed by atoms with E-state index in [9.17, 15) is 8.42 Å². The molecular formula is C14H20N4O3S2. The molecular weight excluding hydrogens is 336 g/mol.